The third-order valence-corrected chi connectivity index (χ3v) is 16.1. The van der Waals surface area contributed by atoms with Gasteiger partial charge in [-0.2, -0.15) is 0 Å². The molecule has 7 heteroatoms. The van der Waals surface area contributed by atoms with Crippen LogP contribution < -0.4 is 0 Å². The quantitative estimate of drug-likeness (QED) is 0.282. The van der Waals surface area contributed by atoms with Crippen LogP contribution in [0.3, 0.4) is 0 Å². The Kier molecular flexibility index (Phi) is 12.5. The summed E-state index contributed by atoms with van der Waals surface area (Å²) < 4.78 is 24.5. The fourth-order valence-electron chi connectivity index (χ4n) is 4.61. The molecule has 0 radical (unpaired) electrons. The molecule has 5 nitrogen and oxygen atoms in total. The molecule has 0 heterocycles. The summed E-state index contributed by atoms with van der Waals surface area (Å²) in [4.78, 5) is 13.4. The fourth-order valence-corrected chi connectivity index (χ4v) is 13.8. The van der Waals surface area contributed by atoms with Gasteiger partial charge in [-0.05, 0) is 36.9 Å². The lowest BCUT2D eigenvalue weighted by atomic mass is 10.2. The van der Waals surface area contributed by atoms with Crippen molar-refractivity contribution in [2.45, 2.75) is 111 Å². The lowest BCUT2D eigenvalue weighted by Crippen LogP contribution is -2.56. The van der Waals surface area contributed by atoms with Crippen LogP contribution >= 0.6 is 0 Å². The minimum Gasteiger partial charge on any atom is -0.518 e. The molecule has 0 aliphatic rings. The summed E-state index contributed by atoms with van der Waals surface area (Å²) in [6.45, 7) is 24.9. The Morgan fingerprint density at radius 1 is 0.793 bits per heavy atom. The average molecular weight is 449 g/mol. The fraction of sp³-hybridized carbons (Fsp3) is 0.955. The number of carbonyl (C=O) groups excluding carboxylic acids is 1. The average Bonchev–Trinajstić information content (AvgIpc) is 2.64. The van der Waals surface area contributed by atoms with Crippen molar-refractivity contribution < 1.29 is 22.5 Å². The number of hydrogen-bond donors (Lipinski definition) is 0. The molecule has 0 aromatic carbocycles. The van der Waals surface area contributed by atoms with Gasteiger partial charge in [0.05, 0.1) is 5.92 Å². The van der Waals surface area contributed by atoms with Crippen LogP contribution in [0, 0.1) is 5.92 Å². The van der Waals surface area contributed by atoms with Crippen molar-refractivity contribution in [3.8, 4) is 0 Å². The largest absolute Gasteiger partial charge is 0.518 e. The van der Waals surface area contributed by atoms with E-state index in [2.05, 4.69) is 48.5 Å². The van der Waals surface area contributed by atoms with Crippen LogP contribution in [0.15, 0.2) is 0 Å². The van der Waals surface area contributed by atoms with Crippen molar-refractivity contribution in [1.82, 2.24) is 0 Å². The first kappa shape index (κ1) is 28.8. The van der Waals surface area contributed by atoms with Gasteiger partial charge in [0.2, 0.25) is 0 Å². The van der Waals surface area contributed by atoms with E-state index < -0.39 is 17.1 Å². The number of rotatable bonds is 14. The maximum atomic E-state index is 13.4. The first-order valence-electron chi connectivity index (χ1n) is 11.6. The molecule has 0 aromatic heterocycles. The van der Waals surface area contributed by atoms with Gasteiger partial charge in [0.15, 0.2) is 0 Å². The van der Waals surface area contributed by atoms with E-state index in [1.165, 1.54) is 0 Å². The molecule has 29 heavy (non-hydrogen) atoms. The second-order valence-electron chi connectivity index (χ2n) is 9.17. The van der Waals surface area contributed by atoms with Crippen LogP contribution in [0.25, 0.3) is 0 Å². The van der Waals surface area contributed by atoms with Gasteiger partial charge in [-0.3, -0.25) is 4.79 Å². The van der Waals surface area contributed by atoms with E-state index in [0.29, 0.717) is 36.9 Å². The zero-order valence-electron chi connectivity index (χ0n) is 21.0. The molecule has 0 bridgehead atoms. The summed E-state index contributed by atoms with van der Waals surface area (Å²) in [5.74, 6) is -0.447. The van der Waals surface area contributed by atoms with Crippen molar-refractivity contribution in [3.05, 3.63) is 0 Å². The maximum Gasteiger partial charge on any atom is 0.501 e. The molecule has 0 rings (SSSR count). The molecule has 0 spiro atoms. The van der Waals surface area contributed by atoms with E-state index in [4.69, 9.17) is 17.7 Å². The van der Waals surface area contributed by atoms with E-state index in [0.717, 1.165) is 12.8 Å². The molecule has 0 N–H and O–H groups in total. The van der Waals surface area contributed by atoms with Gasteiger partial charge in [0.25, 0.3) is 14.3 Å². The lowest BCUT2D eigenvalue weighted by Gasteiger charge is -2.49. The monoisotopic (exact) mass is 448 g/mol. The highest BCUT2D eigenvalue weighted by molar-refractivity contribution is 6.80. The first-order chi connectivity index (χ1) is 13.4. The van der Waals surface area contributed by atoms with Crippen LogP contribution in [0.2, 0.25) is 22.2 Å². The van der Waals surface area contributed by atoms with Crippen LogP contribution in [0.4, 0.5) is 0 Å². The Balaban J connectivity index is 5.84. The summed E-state index contributed by atoms with van der Waals surface area (Å²) in [7, 11) is -5.32. The van der Waals surface area contributed by atoms with E-state index in [-0.39, 0.29) is 16.9 Å². The van der Waals surface area contributed by atoms with Crippen LogP contribution in [0.5, 0.6) is 0 Å². The molecule has 0 aromatic rings. The molecule has 174 valence electrons. The van der Waals surface area contributed by atoms with Crippen molar-refractivity contribution in [3.63, 3.8) is 0 Å². The van der Waals surface area contributed by atoms with Crippen LogP contribution in [0.1, 0.15) is 89.0 Å². The van der Waals surface area contributed by atoms with E-state index in [1.54, 1.807) is 0 Å². The molecule has 3 unspecified atom stereocenters. The molecule has 0 aliphatic heterocycles. The van der Waals surface area contributed by atoms with Crippen molar-refractivity contribution in [2.75, 3.05) is 19.8 Å². The third-order valence-electron chi connectivity index (χ3n) is 6.18. The molecule has 0 saturated heterocycles. The minimum atomic E-state index is -2.90. The van der Waals surface area contributed by atoms with Crippen molar-refractivity contribution >= 4 is 23.1 Å². The van der Waals surface area contributed by atoms with E-state index in [1.807, 2.05) is 27.7 Å². The molecule has 3 atom stereocenters. The molecular formula is C22H48O5Si2. The highest BCUT2D eigenvalue weighted by atomic mass is 28.4. The van der Waals surface area contributed by atoms with Gasteiger partial charge in [0, 0.05) is 25.9 Å². The Bertz CT molecular complexity index is 451. The summed E-state index contributed by atoms with van der Waals surface area (Å²) in [6.07, 6.45) is 2.04. The second kappa shape index (κ2) is 12.6. The summed E-state index contributed by atoms with van der Waals surface area (Å²) >= 11 is 0. The normalized spacial score (nSPS) is 18.0. The highest BCUT2D eigenvalue weighted by Crippen LogP contribution is 2.53. The Labute approximate surface area is 182 Å². The van der Waals surface area contributed by atoms with Crippen molar-refractivity contribution in [2.24, 2.45) is 5.92 Å². The standard InChI is InChI=1S/C22H48O5Si2/c1-12-19(7)29(20(8)13-2,22(9,10)11)27-21(23)18(6)17-28(24-14-3,25-15-4)26-16-5/h18-20H,12-17H2,1-11H3. The number of hydrogen-bond acceptors (Lipinski definition) is 5. The minimum absolute atomic E-state index is 0.0402. The van der Waals surface area contributed by atoms with Crippen LogP contribution in [-0.2, 0) is 22.5 Å². The zero-order chi connectivity index (χ0) is 22.9. The van der Waals surface area contributed by atoms with Gasteiger partial charge in [-0.25, -0.2) is 0 Å². The van der Waals surface area contributed by atoms with E-state index in [9.17, 15) is 4.79 Å². The summed E-state index contributed by atoms with van der Waals surface area (Å²) in [5.41, 5.74) is 0.780. The lowest BCUT2D eigenvalue weighted by molar-refractivity contribution is -0.139. The van der Waals surface area contributed by atoms with Crippen molar-refractivity contribution in [1.29, 1.82) is 0 Å². The van der Waals surface area contributed by atoms with Gasteiger partial charge >= 0.3 is 8.80 Å². The second-order valence-corrected chi connectivity index (χ2v) is 17.1. The molecule has 0 amide bonds. The molecule has 0 aliphatic carbocycles. The van der Waals surface area contributed by atoms with E-state index >= 15 is 0 Å². The zero-order valence-corrected chi connectivity index (χ0v) is 23.0. The van der Waals surface area contributed by atoms with Crippen LogP contribution in [-0.4, -0.2) is 42.9 Å². The predicted molar refractivity (Wildman–Crippen MR) is 126 cm³/mol. The van der Waals surface area contributed by atoms with Gasteiger partial charge in [-0.15, -0.1) is 0 Å². The third kappa shape index (κ3) is 7.16. The molecule has 0 fully saturated rings. The first-order valence-corrected chi connectivity index (χ1v) is 15.5. The highest BCUT2D eigenvalue weighted by Gasteiger charge is 2.57. The Morgan fingerprint density at radius 3 is 1.45 bits per heavy atom. The van der Waals surface area contributed by atoms with Gasteiger partial charge < -0.3 is 17.7 Å². The predicted octanol–water partition coefficient (Wildman–Crippen LogP) is 6.56. The maximum absolute atomic E-state index is 13.4. The smallest absolute Gasteiger partial charge is 0.501 e. The molecule has 0 saturated carbocycles. The summed E-state index contributed by atoms with van der Waals surface area (Å²) in [5, 5.41) is -0.0402. The van der Waals surface area contributed by atoms with Gasteiger partial charge in [-0.1, -0.05) is 68.2 Å². The summed E-state index contributed by atoms with van der Waals surface area (Å²) in [6, 6.07) is 0.455. The Morgan fingerprint density at radius 2 is 1.17 bits per heavy atom. The van der Waals surface area contributed by atoms with Gasteiger partial charge in [0.1, 0.15) is 0 Å². The Hall–Kier alpha value is -0.216. The topological polar surface area (TPSA) is 54.0 Å². The SMILES string of the molecule is CCO[Si](CC(C)C(=O)O[Si](C(C)CC)(C(C)CC)C(C)(C)C)(OCC)OCC. The molecular weight excluding hydrogens is 400 g/mol. The number of carbonyl (C=O) groups is 1.